The molecule has 6 rings (SSSR count). The SMILES string of the molecule is NC(=O)C1=C(O)[C@@]2(O)C(=O)C3=C(O)c4c(O)cc(CN(CCC5CCCCC5)CC5CC5)c(C(F)(F)F)c4CC3C[C@H]2CC1=O. The fraction of sp³-hybridized carbons (Fsp3) is 0.606. The third kappa shape index (κ3) is 5.54. The van der Waals surface area contributed by atoms with Crippen LogP contribution in [0.4, 0.5) is 13.2 Å². The number of aliphatic hydroxyl groups excluding tert-OH is 2. The molecule has 1 unspecified atom stereocenters. The second-order valence-electron chi connectivity index (χ2n) is 13.7. The maximum Gasteiger partial charge on any atom is 0.417 e. The zero-order valence-electron chi connectivity index (χ0n) is 25.0. The lowest BCUT2D eigenvalue weighted by atomic mass is 9.59. The Labute approximate surface area is 258 Å². The molecule has 5 aliphatic rings. The molecule has 1 amide bonds. The molecule has 1 aromatic carbocycles. The first-order valence-corrected chi connectivity index (χ1v) is 15.9. The summed E-state index contributed by atoms with van der Waals surface area (Å²) >= 11 is 0. The number of alkyl halides is 3. The first kappa shape index (κ1) is 31.6. The summed E-state index contributed by atoms with van der Waals surface area (Å²) in [7, 11) is 0. The number of nitrogens with two attached hydrogens (primary N) is 1. The van der Waals surface area contributed by atoms with Crippen LogP contribution in [0.25, 0.3) is 5.76 Å². The van der Waals surface area contributed by atoms with Crippen molar-refractivity contribution in [3.8, 4) is 5.75 Å². The second kappa shape index (κ2) is 11.5. The van der Waals surface area contributed by atoms with Gasteiger partial charge in [0.2, 0.25) is 5.78 Å². The van der Waals surface area contributed by atoms with E-state index in [1.807, 2.05) is 4.90 Å². The van der Waals surface area contributed by atoms with Gasteiger partial charge in [0, 0.05) is 31.0 Å². The van der Waals surface area contributed by atoms with Gasteiger partial charge in [-0.05, 0) is 73.6 Å². The van der Waals surface area contributed by atoms with E-state index in [1.165, 1.54) is 19.3 Å². The maximum atomic E-state index is 14.9. The largest absolute Gasteiger partial charge is 0.508 e. The number of fused-ring (bicyclic) bond motifs is 3. The maximum absolute atomic E-state index is 14.9. The average molecular weight is 633 g/mol. The van der Waals surface area contributed by atoms with Crippen LogP contribution in [-0.2, 0) is 33.5 Å². The monoisotopic (exact) mass is 632 g/mol. The van der Waals surface area contributed by atoms with E-state index >= 15 is 0 Å². The number of hydrogen-bond donors (Lipinski definition) is 5. The van der Waals surface area contributed by atoms with E-state index in [4.69, 9.17) is 5.73 Å². The molecule has 3 atom stereocenters. The topological polar surface area (TPSA) is 161 Å². The van der Waals surface area contributed by atoms with Gasteiger partial charge in [0.1, 0.15) is 22.8 Å². The van der Waals surface area contributed by atoms with E-state index in [1.54, 1.807) is 0 Å². The number of halogens is 3. The highest BCUT2D eigenvalue weighted by atomic mass is 19.4. The van der Waals surface area contributed by atoms with Crippen LogP contribution in [0.15, 0.2) is 23.0 Å². The third-order valence-electron chi connectivity index (χ3n) is 10.6. The van der Waals surface area contributed by atoms with E-state index in [2.05, 4.69) is 0 Å². The number of amides is 1. The number of primary amides is 1. The molecule has 0 aromatic heterocycles. The number of ketones is 2. The molecule has 0 aliphatic heterocycles. The molecule has 0 saturated heterocycles. The number of carbonyl (C=O) groups excluding carboxylic acids is 3. The highest BCUT2D eigenvalue weighted by Gasteiger charge is 2.60. The summed E-state index contributed by atoms with van der Waals surface area (Å²) in [6, 6.07) is 1.01. The van der Waals surface area contributed by atoms with Gasteiger partial charge in [-0.25, -0.2) is 0 Å². The molecule has 3 saturated carbocycles. The van der Waals surface area contributed by atoms with Crippen molar-refractivity contribution in [1.82, 2.24) is 4.90 Å². The zero-order chi connectivity index (χ0) is 32.4. The fourth-order valence-electron chi connectivity index (χ4n) is 8.22. The van der Waals surface area contributed by atoms with Gasteiger partial charge in [-0.3, -0.25) is 19.3 Å². The Morgan fingerprint density at radius 3 is 2.33 bits per heavy atom. The van der Waals surface area contributed by atoms with Crippen LogP contribution in [0.3, 0.4) is 0 Å². The quantitative estimate of drug-likeness (QED) is 0.259. The van der Waals surface area contributed by atoms with Crippen molar-refractivity contribution in [1.29, 1.82) is 0 Å². The van der Waals surface area contributed by atoms with Gasteiger partial charge in [-0.15, -0.1) is 0 Å². The van der Waals surface area contributed by atoms with Crippen molar-refractivity contribution in [3.05, 3.63) is 45.2 Å². The van der Waals surface area contributed by atoms with E-state index in [-0.39, 0.29) is 24.1 Å². The molecule has 5 aliphatic carbocycles. The highest BCUT2D eigenvalue weighted by Crippen LogP contribution is 2.54. The molecule has 9 nitrogen and oxygen atoms in total. The Bertz CT molecular complexity index is 1510. The van der Waals surface area contributed by atoms with Gasteiger partial charge in [0.05, 0.1) is 11.1 Å². The summed E-state index contributed by atoms with van der Waals surface area (Å²) < 4.78 is 44.7. The Kier molecular flexibility index (Phi) is 8.04. The Hall–Kier alpha value is -3.38. The minimum absolute atomic E-state index is 0.0364. The molecule has 244 valence electrons. The normalized spacial score (nSPS) is 27.5. The third-order valence-corrected chi connectivity index (χ3v) is 10.6. The van der Waals surface area contributed by atoms with Crippen LogP contribution < -0.4 is 5.73 Å². The van der Waals surface area contributed by atoms with Gasteiger partial charge in [-0.1, -0.05) is 32.1 Å². The minimum atomic E-state index is -4.85. The summed E-state index contributed by atoms with van der Waals surface area (Å²) in [6.07, 6.45) is 2.72. The number of hydrogen-bond acceptors (Lipinski definition) is 8. The molecule has 0 radical (unpaired) electrons. The van der Waals surface area contributed by atoms with Gasteiger partial charge in [0.15, 0.2) is 11.4 Å². The smallest absolute Gasteiger partial charge is 0.417 e. The lowest BCUT2D eigenvalue weighted by molar-refractivity contribution is -0.147. The number of rotatable bonds is 8. The van der Waals surface area contributed by atoms with Crippen LogP contribution in [0.2, 0.25) is 0 Å². The number of phenolic OH excluding ortho intramolecular Hbond substituents is 1. The number of aromatic hydroxyl groups is 1. The summed E-state index contributed by atoms with van der Waals surface area (Å²) in [6.45, 7) is 1.26. The molecule has 12 heteroatoms. The molecule has 45 heavy (non-hydrogen) atoms. The first-order valence-electron chi connectivity index (χ1n) is 15.9. The van der Waals surface area contributed by atoms with Crippen molar-refractivity contribution >= 4 is 23.2 Å². The van der Waals surface area contributed by atoms with E-state index in [9.17, 15) is 48.0 Å². The van der Waals surface area contributed by atoms with Crippen molar-refractivity contribution in [3.63, 3.8) is 0 Å². The van der Waals surface area contributed by atoms with Crippen molar-refractivity contribution < 1.29 is 48.0 Å². The molecular weight excluding hydrogens is 593 g/mol. The predicted molar refractivity (Wildman–Crippen MR) is 156 cm³/mol. The zero-order valence-corrected chi connectivity index (χ0v) is 25.0. The van der Waals surface area contributed by atoms with Gasteiger partial charge >= 0.3 is 6.18 Å². The van der Waals surface area contributed by atoms with E-state index in [0.717, 1.165) is 38.2 Å². The number of aliphatic hydroxyl groups is 3. The summed E-state index contributed by atoms with van der Waals surface area (Å²) in [5.74, 6) is -7.61. The van der Waals surface area contributed by atoms with Crippen molar-refractivity contribution in [2.75, 3.05) is 13.1 Å². The van der Waals surface area contributed by atoms with E-state index < -0.39 is 93.5 Å². The molecule has 6 N–H and O–H groups in total. The molecule has 1 aromatic rings. The summed E-state index contributed by atoms with van der Waals surface area (Å²) in [5.41, 5.74) is -0.943. The average Bonchev–Trinajstić information content (AvgIpc) is 3.77. The van der Waals surface area contributed by atoms with Crippen LogP contribution in [0, 0.1) is 23.7 Å². The predicted octanol–water partition coefficient (Wildman–Crippen LogP) is 4.63. The van der Waals surface area contributed by atoms with Crippen molar-refractivity contribution in [2.24, 2.45) is 29.4 Å². The molecule has 3 fully saturated rings. The van der Waals surface area contributed by atoms with Crippen LogP contribution >= 0.6 is 0 Å². The Balaban J connectivity index is 1.39. The highest BCUT2D eigenvalue weighted by molar-refractivity contribution is 6.22. The number of benzene rings is 1. The number of carbonyl (C=O) groups is 3. The molecule has 0 spiro atoms. The van der Waals surface area contributed by atoms with Crippen molar-refractivity contribution in [2.45, 2.75) is 89.0 Å². The molecule has 0 heterocycles. The first-order chi connectivity index (χ1) is 21.2. The Morgan fingerprint density at radius 1 is 1.02 bits per heavy atom. The lowest BCUT2D eigenvalue weighted by Gasteiger charge is -2.46. The fourth-order valence-corrected chi connectivity index (χ4v) is 8.22. The Morgan fingerprint density at radius 2 is 1.71 bits per heavy atom. The molecule has 0 bridgehead atoms. The summed E-state index contributed by atoms with van der Waals surface area (Å²) in [4.78, 5) is 40.2. The second-order valence-corrected chi connectivity index (χ2v) is 13.7. The van der Waals surface area contributed by atoms with Gasteiger partial charge in [0.25, 0.3) is 5.91 Å². The number of nitrogens with zero attached hydrogens (tertiary/aromatic N) is 1. The molecular formula is C33H39F3N2O7. The van der Waals surface area contributed by atoms with Crippen LogP contribution in [0.5, 0.6) is 5.75 Å². The van der Waals surface area contributed by atoms with Gasteiger partial charge < -0.3 is 26.2 Å². The minimum Gasteiger partial charge on any atom is -0.508 e. The standard InChI is InChI=1S/C33H39F3N2O7/c34-33(35,36)27-19(15-38(14-17-6-7-17)9-8-16-4-2-1-3-5-16)12-22(39)25-21(27)11-18-10-20-13-23(40)26(31(37)44)30(43)32(20,45)29(42)24(18)28(25)41/h12,16-18,20,39,41,43,45H,1-11,13-15H2,(H2,37,44)/t18?,20-,32-/m0/s1. The van der Waals surface area contributed by atoms with Gasteiger partial charge in [-0.2, -0.15) is 13.2 Å². The summed E-state index contributed by atoms with van der Waals surface area (Å²) in [5, 5.41) is 44.5. The number of phenols is 1. The van der Waals surface area contributed by atoms with E-state index in [0.29, 0.717) is 24.9 Å². The van der Waals surface area contributed by atoms with Crippen LogP contribution in [0.1, 0.15) is 86.5 Å². The number of Topliss-reactive ketones (excluding diaryl/α,β-unsaturated/α-hetero) is 2. The van der Waals surface area contributed by atoms with Crippen LogP contribution in [-0.4, -0.2) is 61.5 Å². The lowest BCUT2D eigenvalue weighted by Crippen LogP contribution is -2.58.